The molecule has 0 atom stereocenters. The van der Waals surface area contributed by atoms with Crippen LogP contribution in [0, 0.1) is 6.92 Å². The minimum Gasteiger partial charge on any atom is -0.480 e. The quantitative estimate of drug-likeness (QED) is 0.312. The largest absolute Gasteiger partial charge is 0.480 e. The van der Waals surface area contributed by atoms with Crippen LogP contribution in [-0.4, -0.2) is 30.1 Å². The number of nitrogens with zero attached hydrogens (tertiary/aromatic N) is 3. The molecule has 11 heteroatoms. The molecule has 0 unspecified atom stereocenters. The van der Waals surface area contributed by atoms with E-state index >= 15 is 0 Å². The van der Waals surface area contributed by atoms with Crippen molar-refractivity contribution in [1.82, 2.24) is 14.5 Å². The van der Waals surface area contributed by atoms with Gasteiger partial charge in [0, 0.05) is 16.8 Å². The van der Waals surface area contributed by atoms with E-state index in [2.05, 4.69) is 14.7 Å². The molecule has 38 heavy (non-hydrogen) atoms. The van der Waals surface area contributed by atoms with Gasteiger partial charge in [-0.2, -0.15) is 0 Å². The average molecular weight is 548 g/mol. The number of nitrogen functional groups attached to an aromatic ring is 1. The van der Waals surface area contributed by atoms with Crippen molar-refractivity contribution in [3.05, 3.63) is 99.9 Å². The summed E-state index contributed by atoms with van der Waals surface area (Å²) in [7, 11) is -2.62. The van der Waals surface area contributed by atoms with Gasteiger partial charge in [0.1, 0.15) is 5.69 Å². The highest BCUT2D eigenvalue weighted by Gasteiger charge is 2.21. The number of para-hydroxylation sites is 1. The van der Waals surface area contributed by atoms with E-state index in [0.29, 0.717) is 38.3 Å². The van der Waals surface area contributed by atoms with E-state index in [-0.39, 0.29) is 28.0 Å². The Morgan fingerprint density at radius 3 is 2.50 bits per heavy atom. The molecular formula is C27H22ClN5O4S. The summed E-state index contributed by atoms with van der Waals surface area (Å²) >= 11 is 6.14. The van der Waals surface area contributed by atoms with Crippen molar-refractivity contribution >= 4 is 44.2 Å². The smallest absolute Gasteiger partial charge is 0.267 e. The highest BCUT2D eigenvalue weighted by Crippen LogP contribution is 2.32. The fourth-order valence-electron chi connectivity index (χ4n) is 4.13. The molecule has 0 saturated heterocycles. The Labute approximate surface area is 223 Å². The first kappa shape index (κ1) is 25.2. The van der Waals surface area contributed by atoms with Crippen LogP contribution in [0.3, 0.4) is 0 Å². The minimum atomic E-state index is -4.01. The SMILES string of the molecule is COc1ncc(-c2ccc3nc(N)n(-c4ccccc4)c(=O)c3c2)cc1NS(=O)(=O)c1cccc(Cl)c1C. The Morgan fingerprint density at radius 1 is 1.00 bits per heavy atom. The molecule has 0 amide bonds. The maximum Gasteiger partial charge on any atom is 0.267 e. The number of hydrogen-bond donors (Lipinski definition) is 2. The van der Waals surface area contributed by atoms with E-state index in [9.17, 15) is 13.2 Å². The number of nitrogens with one attached hydrogen (secondary N) is 1. The zero-order chi connectivity index (χ0) is 27.0. The number of methoxy groups -OCH3 is 1. The van der Waals surface area contributed by atoms with Crippen LogP contribution in [-0.2, 0) is 10.0 Å². The van der Waals surface area contributed by atoms with Gasteiger partial charge >= 0.3 is 0 Å². The van der Waals surface area contributed by atoms with Gasteiger partial charge in [-0.3, -0.25) is 9.52 Å². The van der Waals surface area contributed by atoms with E-state index in [1.54, 1.807) is 67.6 Å². The number of halogens is 1. The van der Waals surface area contributed by atoms with Gasteiger partial charge in [-0.25, -0.2) is 23.0 Å². The number of benzene rings is 3. The lowest BCUT2D eigenvalue weighted by atomic mass is 10.0. The number of anilines is 2. The van der Waals surface area contributed by atoms with Crippen LogP contribution in [0.2, 0.25) is 5.02 Å². The molecule has 3 N–H and O–H groups in total. The third-order valence-electron chi connectivity index (χ3n) is 6.04. The summed E-state index contributed by atoms with van der Waals surface area (Å²) in [6, 6.07) is 20.3. The van der Waals surface area contributed by atoms with E-state index in [4.69, 9.17) is 22.1 Å². The van der Waals surface area contributed by atoms with Gasteiger partial charge in [0.05, 0.1) is 28.6 Å². The van der Waals surface area contributed by atoms with Crippen LogP contribution in [0.1, 0.15) is 5.56 Å². The maximum absolute atomic E-state index is 13.4. The Hall–Kier alpha value is -4.41. The predicted octanol–water partition coefficient (Wildman–Crippen LogP) is 4.80. The third kappa shape index (κ3) is 4.55. The summed E-state index contributed by atoms with van der Waals surface area (Å²) in [5.74, 6) is 0.152. The zero-order valence-corrected chi connectivity index (χ0v) is 21.9. The number of pyridine rings is 1. The van der Waals surface area contributed by atoms with Crippen molar-refractivity contribution in [3.8, 4) is 22.7 Å². The molecule has 0 aliphatic heterocycles. The molecule has 0 spiro atoms. The van der Waals surface area contributed by atoms with Gasteiger partial charge in [-0.05, 0) is 60.5 Å². The number of aromatic nitrogens is 3. The molecule has 192 valence electrons. The Balaban J connectivity index is 1.60. The molecule has 3 aromatic carbocycles. The minimum absolute atomic E-state index is 0.0355. The summed E-state index contributed by atoms with van der Waals surface area (Å²) in [5, 5.41) is 0.673. The zero-order valence-electron chi connectivity index (χ0n) is 20.3. The first-order chi connectivity index (χ1) is 18.2. The monoisotopic (exact) mass is 547 g/mol. The molecule has 5 rings (SSSR count). The molecule has 0 aliphatic carbocycles. The normalized spacial score (nSPS) is 11.4. The first-order valence-corrected chi connectivity index (χ1v) is 13.3. The van der Waals surface area contributed by atoms with Crippen molar-refractivity contribution in [2.45, 2.75) is 11.8 Å². The highest BCUT2D eigenvalue weighted by atomic mass is 35.5. The van der Waals surface area contributed by atoms with Crippen LogP contribution in [0.25, 0.3) is 27.7 Å². The van der Waals surface area contributed by atoms with Gasteiger partial charge < -0.3 is 10.5 Å². The van der Waals surface area contributed by atoms with E-state index < -0.39 is 10.0 Å². The summed E-state index contributed by atoms with van der Waals surface area (Å²) in [4.78, 5) is 22.1. The second kappa shape index (κ2) is 9.81. The lowest BCUT2D eigenvalue weighted by Gasteiger charge is -2.15. The number of ether oxygens (including phenoxy) is 1. The number of sulfonamides is 1. The van der Waals surface area contributed by atoms with Gasteiger partial charge in [-0.1, -0.05) is 41.9 Å². The van der Waals surface area contributed by atoms with Crippen LogP contribution in [0.4, 0.5) is 11.6 Å². The topological polar surface area (TPSA) is 129 Å². The lowest BCUT2D eigenvalue weighted by Crippen LogP contribution is -2.23. The average Bonchev–Trinajstić information content (AvgIpc) is 2.90. The number of hydrogen-bond acceptors (Lipinski definition) is 7. The molecule has 0 saturated carbocycles. The van der Waals surface area contributed by atoms with Crippen LogP contribution >= 0.6 is 11.6 Å². The Kier molecular flexibility index (Phi) is 6.52. The maximum atomic E-state index is 13.4. The highest BCUT2D eigenvalue weighted by molar-refractivity contribution is 7.92. The second-order valence-corrected chi connectivity index (χ2v) is 10.5. The van der Waals surface area contributed by atoms with Crippen LogP contribution in [0.15, 0.2) is 88.7 Å². The fourth-order valence-corrected chi connectivity index (χ4v) is 5.68. The summed E-state index contributed by atoms with van der Waals surface area (Å²) in [5.41, 5.74) is 8.51. The van der Waals surface area contributed by atoms with Crippen LogP contribution < -0.4 is 20.8 Å². The molecule has 5 aromatic rings. The van der Waals surface area contributed by atoms with Crippen molar-refractivity contribution in [2.75, 3.05) is 17.6 Å². The fraction of sp³-hybridized carbons (Fsp3) is 0.0741. The van der Waals surface area contributed by atoms with E-state index in [1.165, 1.54) is 23.9 Å². The number of fused-ring (bicyclic) bond motifs is 1. The number of rotatable bonds is 6. The summed E-state index contributed by atoms with van der Waals surface area (Å²) in [6.45, 7) is 1.63. The molecule has 0 bridgehead atoms. The molecule has 0 aliphatic rings. The van der Waals surface area contributed by atoms with Crippen molar-refractivity contribution in [1.29, 1.82) is 0 Å². The molecule has 2 heterocycles. The van der Waals surface area contributed by atoms with Crippen molar-refractivity contribution < 1.29 is 13.2 Å². The van der Waals surface area contributed by atoms with Crippen molar-refractivity contribution in [2.24, 2.45) is 0 Å². The molecule has 2 aromatic heterocycles. The Morgan fingerprint density at radius 2 is 1.76 bits per heavy atom. The Bertz CT molecular complexity index is 1860. The summed E-state index contributed by atoms with van der Waals surface area (Å²) in [6.07, 6.45) is 1.53. The second-order valence-electron chi connectivity index (χ2n) is 8.43. The van der Waals surface area contributed by atoms with Gasteiger partial charge in [0.25, 0.3) is 15.6 Å². The third-order valence-corrected chi connectivity index (χ3v) is 7.96. The van der Waals surface area contributed by atoms with Gasteiger partial charge in [0.15, 0.2) is 0 Å². The molecule has 0 radical (unpaired) electrons. The first-order valence-electron chi connectivity index (χ1n) is 11.4. The molecule has 9 nitrogen and oxygen atoms in total. The lowest BCUT2D eigenvalue weighted by molar-refractivity contribution is 0.400. The van der Waals surface area contributed by atoms with Gasteiger partial charge in [0.2, 0.25) is 11.8 Å². The van der Waals surface area contributed by atoms with Crippen LogP contribution in [0.5, 0.6) is 5.88 Å². The molecular weight excluding hydrogens is 526 g/mol. The molecule has 0 fully saturated rings. The van der Waals surface area contributed by atoms with Crippen molar-refractivity contribution in [3.63, 3.8) is 0 Å². The summed E-state index contributed by atoms with van der Waals surface area (Å²) < 4.78 is 35.6. The number of nitrogens with two attached hydrogens (primary N) is 1. The predicted molar refractivity (Wildman–Crippen MR) is 149 cm³/mol. The van der Waals surface area contributed by atoms with E-state index in [1.807, 2.05) is 6.07 Å². The standard InChI is InChI=1S/C27H22ClN5O4S/c1-16-21(28)9-6-10-24(16)38(35,36)32-23-14-18(15-30-25(23)37-2)17-11-12-22-20(13-17)26(34)33(27(29)31-22)19-7-4-3-5-8-19/h3-15,32H,1-2H3,(H2,29,31). The van der Waals surface area contributed by atoms with Gasteiger partial charge in [-0.15, -0.1) is 0 Å². The van der Waals surface area contributed by atoms with E-state index in [0.717, 1.165) is 0 Å².